The van der Waals surface area contributed by atoms with Crippen LogP contribution in [0.15, 0.2) is 18.2 Å². The summed E-state index contributed by atoms with van der Waals surface area (Å²) in [5, 5.41) is 0. The van der Waals surface area contributed by atoms with E-state index < -0.39 is 0 Å². The third kappa shape index (κ3) is 2.93. The average Bonchev–Trinajstić information content (AvgIpc) is 2.38. The minimum atomic E-state index is 0.426. The van der Waals surface area contributed by atoms with Crippen LogP contribution in [-0.2, 0) is 6.42 Å². The zero-order chi connectivity index (χ0) is 13.0. The normalized spacial score (nSPS) is 18.9. The van der Waals surface area contributed by atoms with Crippen molar-refractivity contribution in [2.75, 3.05) is 30.6 Å². The molecule has 0 amide bonds. The summed E-state index contributed by atoms with van der Waals surface area (Å²) in [5.74, 6) is 1.29. The number of hydrogen-bond acceptors (Lipinski definition) is 2. The molecule has 0 aliphatic heterocycles. The monoisotopic (exact) mass is 286 g/mol. The van der Waals surface area contributed by atoms with Crippen LogP contribution >= 0.6 is 23.2 Å². The lowest BCUT2D eigenvalue weighted by molar-refractivity contribution is 0.200. The highest BCUT2D eigenvalue weighted by Crippen LogP contribution is 2.36. The zero-order valence-corrected chi connectivity index (χ0v) is 12.1. The fourth-order valence-electron chi connectivity index (χ4n) is 2.87. The molecule has 0 aromatic heterocycles. The lowest BCUT2D eigenvalue weighted by Gasteiger charge is -2.35. The lowest BCUT2D eigenvalue weighted by atomic mass is 9.86. The molecule has 0 radical (unpaired) electrons. The van der Waals surface area contributed by atoms with E-state index in [0.29, 0.717) is 17.8 Å². The molecule has 0 spiro atoms. The van der Waals surface area contributed by atoms with Crippen LogP contribution in [0.3, 0.4) is 0 Å². The largest absolute Gasteiger partial charge is 0.398 e. The van der Waals surface area contributed by atoms with Gasteiger partial charge in [0.2, 0.25) is 0 Å². The summed E-state index contributed by atoms with van der Waals surface area (Å²) in [5.41, 5.74) is 9.70. The van der Waals surface area contributed by atoms with Gasteiger partial charge < -0.3 is 5.73 Å². The molecule has 0 bridgehead atoms. The van der Waals surface area contributed by atoms with Gasteiger partial charge in [0.1, 0.15) is 0 Å². The molecule has 0 saturated carbocycles. The predicted octanol–water partition coefficient (Wildman–Crippen LogP) is 3.43. The van der Waals surface area contributed by atoms with Gasteiger partial charge in [-0.2, -0.15) is 0 Å². The Bertz CT molecular complexity index is 389. The van der Waals surface area contributed by atoms with E-state index in [9.17, 15) is 0 Å². The van der Waals surface area contributed by atoms with Crippen LogP contribution in [0.4, 0.5) is 5.69 Å². The first-order valence-corrected chi connectivity index (χ1v) is 7.58. The topological polar surface area (TPSA) is 29.3 Å². The molecule has 1 unspecified atom stereocenters. The van der Waals surface area contributed by atoms with Crippen molar-refractivity contribution in [1.29, 1.82) is 0 Å². The molecule has 100 valence electrons. The quantitative estimate of drug-likeness (QED) is 0.664. The van der Waals surface area contributed by atoms with Crippen LogP contribution in [0, 0.1) is 0 Å². The van der Waals surface area contributed by atoms with Crippen molar-refractivity contribution >= 4 is 28.9 Å². The number of nitrogen functional groups attached to an aromatic ring is 1. The molecule has 1 aromatic carbocycles. The zero-order valence-electron chi connectivity index (χ0n) is 10.5. The number of nitrogens with zero attached hydrogens (tertiary/aromatic N) is 1. The van der Waals surface area contributed by atoms with E-state index in [4.69, 9.17) is 28.9 Å². The Kier molecular flexibility index (Phi) is 5.16. The van der Waals surface area contributed by atoms with Crippen LogP contribution in [-0.4, -0.2) is 29.7 Å². The Hall–Kier alpha value is -0.440. The van der Waals surface area contributed by atoms with Gasteiger partial charge in [-0.3, -0.25) is 4.90 Å². The molecule has 2 nitrogen and oxygen atoms in total. The van der Waals surface area contributed by atoms with E-state index >= 15 is 0 Å². The molecule has 1 atom stereocenters. The van der Waals surface area contributed by atoms with E-state index in [1.807, 2.05) is 12.1 Å². The first-order chi connectivity index (χ1) is 8.77. The molecule has 1 aromatic rings. The van der Waals surface area contributed by atoms with Gasteiger partial charge >= 0.3 is 0 Å². The van der Waals surface area contributed by atoms with Crippen LogP contribution in [0.2, 0.25) is 0 Å². The first-order valence-electron chi connectivity index (χ1n) is 6.51. The van der Waals surface area contributed by atoms with Crippen LogP contribution in [0.25, 0.3) is 0 Å². The Morgan fingerprint density at radius 2 is 1.94 bits per heavy atom. The van der Waals surface area contributed by atoms with Gasteiger partial charge in [-0.1, -0.05) is 12.1 Å². The van der Waals surface area contributed by atoms with Gasteiger partial charge in [0, 0.05) is 36.6 Å². The number of rotatable bonds is 5. The first kappa shape index (κ1) is 14.0. The maximum atomic E-state index is 6.08. The summed E-state index contributed by atoms with van der Waals surface area (Å²) >= 11 is 11.8. The number of hydrogen-bond donors (Lipinski definition) is 1. The molecule has 0 heterocycles. The number of halogens is 2. The van der Waals surface area contributed by atoms with Crippen molar-refractivity contribution in [3.63, 3.8) is 0 Å². The van der Waals surface area contributed by atoms with Crippen molar-refractivity contribution in [3.05, 3.63) is 29.3 Å². The Balaban J connectivity index is 2.27. The van der Waals surface area contributed by atoms with Crippen molar-refractivity contribution < 1.29 is 0 Å². The van der Waals surface area contributed by atoms with Crippen molar-refractivity contribution in [2.45, 2.75) is 25.3 Å². The molecular weight excluding hydrogens is 267 g/mol. The number of alkyl halides is 2. The summed E-state index contributed by atoms with van der Waals surface area (Å²) in [6.45, 7) is 1.76. The molecule has 2 N–H and O–H groups in total. The number of nitrogens with two attached hydrogens (primary N) is 1. The third-order valence-electron chi connectivity index (χ3n) is 3.70. The van der Waals surface area contributed by atoms with E-state index in [1.54, 1.807) is 0 Å². The highest BCUT2D eigenvalue weighted by molar-refractivity contribution is 6.18. The van der Waals surface area contributed by atoms with Crippen LogP contribution in [0.5, 0.6) is 0 Å². The average molecular weight is 287 g/mol. The van der Waals surface area contributed by atoms with Crippen LogP contribution < -0.4 is 5.73 Å². The van der Waals surface area contributed by atoms with E-state index in [1.165, 1.54) is 24.0 Å². The van der Waals surface area contributed by atoms with E-state index in [0.717, 1.165) is 25.2 Å². The summed E-state index contributed by atoms with van der Waals surface area (Å²) in [6, 6.07) is 6.67. The Morgan fingerprint density at radius 1 is 1.22 bits per heavy atom. The summed E-state index contributed by atoms with van der Waals surface area (Å²) in [4.78, 5) is 2.39. The second-order valence-corrected chi connectivity index (χ2v) is 5.49. The SMILES string of the molecule is Nc1cccc2c1CCCC2N(CCCl)CCCl. The molecule has 2 rings (SSSR count). The molecule has 1 aliphatic rings. The summed E-state index contributed by atoms with van der Waals surface area (Å²) in [6.07, 6.45) is 3.45. The van der Waals surface area contributed by atoms with Gasteiger partial charge in [-0.15, -0.1) is 23.2 Å². The number of benzene rings is 1. The molecule has 4 heteroatoms. The molecule has 0 fully saturated rings. The van der Waals surface area contributed by atoms with Crippen molar-refractivity contribution in [2.24, 2.45) is 0 Å². The minimum Gasteiger partial charge on any atom is -0.398 e. The maximum Gasteiger partial charge on any atom is 0.0352 e. The van der Waals surface area contributed by atoms with Crippen LogP contribution in [0.1, 0.15) is 30.0 Å². The molecule has 1 aliphatic carbocycles. The summed E-state index contributed by atoms with van der Waals surface area (Å²) < 4.78 is 0. The molecule has 18 heavy (non-hydrogen) atoms. The lowest BCUT2D eigenvalue weighted by Crippen LogP contribution is -2.34. The second-order valence-electron chi connectivity index (χ2n) is 4.74. The van der Waals surface area contributed by atoms with E-state index in [2.05, 4.69) is 11.0 Å². The number of anilines is 1. The van der Waals surface area contributed by atoms with Gasteiger partial charge in [0.05, 0.1) is 0 Å². The van der Waals surface area contributed by atoms with Gasteiger partial charge in [-0.25, -0.2) is 0 Å². The molecule has 0 saturated heterocycles. The van der Waals surface area contributed by atoms with Gasteiger partial charge in [-0.05, 0) is 36.5 Å². The Labute approximate surface area is 119 Å². The van der Waals surface area contributed by atoms with E-state index in [-0.39, 0.29) is 0 Å². The third-order valence-corrected chi connectivity index (χ3v) is 4.03. The smallest absolute Gasteiger partial charge is 0.0352 e. The number of fused-ring (bicyclic) bond motifs is 1. The predicted molar refractivity (Wildman–Crippen MR) is 79.5 cm³/mol. The summed E-state index contributed by atoms with van der Waals surface area (Å²) in [7, 11) is 0. The molecular formula is C14H20Cl2N2. The maximum absolute atomic E-state index is 6.08. The second kappa shape index (κ2) is 6.65. The van der Waals surface area contributed by atoms with Gasteiger partial charge in [0.15, 0.2) is 0 Å². The minimum absolute atomic E-state index is 0.426. The fourth-order valence-corrected chi connectivity index (χ4v) is 3.31. The van der Waals surface area contributed by atoms with Crippen molar-refractivity contribution in [1.82, 2.24) is 4.90 Å². The highest BCUT2D eigenvalue weighted by Gasteiger charge is 2.26. The fraction of sp³-hybridized carbons (Fsp3) is 0.571. The van der Waals surface area contributed by atoms with Gasteiger partial charge in [0.25, 0.3) is 0 Å². The highest BCUT2D eigenvalue weighted by atomic mass is 35.5. The standard InChI is InChI=1S/C14H20Cl2N2/c15-7-9-18(10-8-16)14-6-2-3-11-12(14)4-1-5-13(11)17/h1,4-5,14H,2-3,6-10,17H2. The Morgan fingerprint density at radius 3 is 2.61 bits per heavy atom. The van der Waals surface area contributed by atoms with Crippen molar-refractivity contribution in [3.8, 4) is 0 Å².